The highest BCUT2D eigenvalue weighted by atomic mass is 16.1. The molecular formula is C16H21N3O. The topological polar surface area (TPSA) is 46.4 Å². The Morgan fingerprint density at radius 3 is 2.90 bits per heavy atom. The minimum absolute atomic E-state index is 0.0163. The molecule has 3 rings (SSSR count). The summed E-state index contributed by atoms with van der Waals surface area (Å²) in [7, 11) is 0. The summed E-state index contributed by atoms with van der Waals surface area (Å²) < 4.78 is 1.57. The maximum Gasteiger partial charge on any atom is 0.258 e. The number of hydrogen-bond acceptors (Lipinski definition) is 3. The van der Waals surface area contributed by atoms with Gasteiger partial charge in [0.05, 0.1) is 5.69 Å². The van der Waals surface area contributed by atoms with Crippen LogP contribution in [-0.2, 0) is 6.54 Å². The van der Waals surface area contributed by atoms with Crippen molar-refractivity contribution >= 4 is 5.65 Å². The zero-order chi connectivity index (χ0) is 14.2. The van der Waals surface area contributed by atoms with Crippen LogP contribution in [0.15, 0.2) is 35.3 Å². The molecule has 2 aromatic rings. The molecule has 1 aliphatic rings. The quantitative estimate of drug-likeness (QED) is 0.907. The highest BCUT2D eigenvalue weighted by molar-refractivity contribution is 5.37. The molecule has 1 saturated carbocycles. The van der Waals surface area contributed by atoms with Crippen LogP contribution < -0.4 is 10.9 Å². The molecule has 1 N–H and O–H groups in total. The molecule has 2 aromatic heterocycles. The number of pyridine rings is 1. The molecule has 0 amide bonds. The Balaban J connectivity index is 1.71. The molecule has 0 atom stereocenters. The smallest absolute Gasteiger partial charge is 0.258 e. The highest BCUT2D eigenvalue weighted by Crippen LogP contribution is 2.51. The second-order valence-corrected chi connectivity index (χ2v) is 6.14. The number of nitrogens with zero attached hydrogens (tertiary/aromatic N) is 2. The van der Waals surface area contributed by atoms with Crippen molar-refractivity contribution in [3.8, 4) is 0 Å². The van der Waals surface area contributed by atoms with Crippen molar-refractivity contribution in [3.05, 3.63) is 46.5 Å². The predicted molar refractivity (Wildman–Crippen MR) is 79.7 cm³/mol. The van der Waals surface area contributed by atoms with E-state index in [1.165, 1.54) is 12.8 Å². The van der Waals surface area contributed by atoms with Gasteiger partial charge in [-0.3, -0.25) is 9.20 Å². The standard InChI is InChI=1S/C16H21N3O/c1-12(2)16(6-7-16)11-17-10-13-9-15(20)19-8-4-3-5-14(19)18-13/h3-5,8-9,12,17H,6-7,10-11H2,1-2H3. The lowest BCUT2D eigenvalue weighted by Gasteiger charge is -2.19. The monoisotopic (exact) mass is 271 g/mol. The maximum absolute atomic E-state index is 12.0. The van der Waals surface area contributed by atoms with E-state index >= 15 is 0 Å². The van der Waals surface area contributed by atoms with Crippen molar-refractivity contribution < 1.29 is 0 Å². The van der Waals surface area contributed by atoms with Crippen molar-refractivity contribution in [2.45, 2.75) is 33.2 Å². The van der Waals surface area contributed by atoms with Gasteiger partial charge in [0.15, 0.2) is 0 Å². The second-order valence-electron chi connectivity index (χ2n) is 6.14. The fraction of sp³-hybridized carbons (Fsp3) is 0.500. The Labute approximate surface area is 118 Å². The van der Waals surface area contributed by atoms with Gasteiger partial charge < -0.3 is 5.32 Å². The SMILES string of the molecule is CC(C)C1(CNCc2cc(=O)n3ccccc3n2)CC1. The Morgan fingerprint density at radius 2 is 2.20 bits per heavy atom. The minimum atomic E-state index is -0.0163. The van der Waals surface area contributed by atoms with Gasteiger partial charge in [-0.1, -0.05) is 19.9 Å². The molecule has 20 heavy (non-hydrogen) atoms. The molecule has 0 unspecified atom stereocenters. The molecule has 4 heteroatoms. The third-order valence-electron chi connectivity index (χ3n) is 4.52. The van der Waals surface area contributed by atoms with Crippen molar-refractivity contribution in [2.24, 2.45) is 11.3 Å². The molecule has 0 radical (unpaired) electrons. The molecule has 0 saturated heterocycles. The first-order valence-electron chi connectivity index (χ1n) is 7.29. The van der Waals surface area contributed by atoms with Crippen LogP contribution in [0.4, 0.5) is 0 Å². The molecule has 1 aliphatic carbocycles. The molecule has 0 bridgehead atoms. The molecule has 106 valence electrons. The number of aromatic nitrogens is 2. The molecule has 2 heterocycles. The van der Waals surface area contributed by atoms with Crippen LogP contribution in [0.1, 0.15) is 32.4 Å². The van der Waals surface area contributed by atoms with Crippen LogP contribution in [0.5, 0.6) is 0 Å². The van der Waals surface area contributed by atoms with E-state index in [-0.39, 0.29) is 5.56 Å². The average molecular weight is 271 g/mol. The van der Waals surface area contributed by atoms with Gasteiger partial charge in [0.25, 0.3) is 5.56 Å². The van der Waals surface area contributed by atoms with Gasteiger partial charge in [-0.05, 0) is 36.3 Å². The summed E-state index contributed by atoms with van der Waals surface area (Å²) >= 11 is 0. The first-order valence-corrected chi connectivity index (χ1v) is 7.29. The number of hydrogen-bond donors (Lipinski definition) is 1. The maximum atomic E-state index is 12.0. The zero-order valence-electron chi connectivity index (χ0n) is 12.1. The second kappa shape index (κ2) is 5.02. The van der Waals surface area contributed by atoms with E-state index in [1.807, 2.05) is 18.2 Å². The average Bonchev–Trinajstić information content (AvgIpc) is 3.20. The first kappa shape index (κ1) is 13.3. The Morgan fingerprint density at radius 1 is 1.40 bits per heavy atom. The van der Waals surface area contributed by atoms with E-state index in [0.29, 0.717) is 23.5 Å². The lowest BCUT2D eigenvalue weighted by molar-refractivity contribution is 0.337. The third-order valence-corrected chi connectivity index (χ3v) is 4.52. The van der Waals surface area contributed by atoms with E-state index in [1.54, 1.807) is 16.7 Å². The van der Waals surface area contributed by atoms with Crippen molar-refractivity contribution in [2.75, 3.05) is 6.54 Å². The molecule has 0 spiro atoms. The van der Waals surface area contributed by atoms with Crippen molar-refractivity contribution in [1.29, 1.82) is 0 Å². The number of fused-ring (bicyclic) bond motifs is 1. The number of nitrogens with one attached hydrogen (secondary N) is 1. The fourth-order valence-electron chi connectivity index (χ4n) is 2.75. The van der Waals surface area contributed by atoms with E-state index in [0.717, 1.165) is 12.2 Å². The van der Waals surface area contributed by atoms with Crippen molar-refractivity contribution in [1.82, 2.24) is 14.7 Å². The van der Waals surface area contributed by atoms with Crippen molar-refractivity contribution in [3.63, 3.8) is 0 Å². The zero-order valence-corrected chi connectivity index (χ0v) is 12.1. The summed E-state index contributed by atoms with van der Waals surface area (Å²) in [5, 5.41) is 3.47. The Hall–Kier alpha value is -1.68. The molecular weight excluding hydrogens is 250 g/mol. The van der Waals surface area contributed by atoms with Gasteiger partial charge >= 0.3 is 0 Å². The van der Waals surface area contributed by atoms with Crippen LogP contribution in [0.2, 0.25) is 0 Å². The summed E-state index contributed by atoms with van der Waals surface area (Å²) in [6.07, 6.45) is 4.37. The summed E-state index contributed by atoms with van der Waals surface area (Å²) in [4.78, 5) is 16.5. The highest BCUT2D eigenvalue weighted by Gasteiger charge is 2.44. The van der Waals surface area contributed by atoms with Crippen LogP contribution in [-0.4, -0.2) is 15.9 Å². The van der Waals surface area contributed by atoms with E-state index in [4.69, 9.17) is 0 Å². The summed E-state index contributed by atoms with van der Waals surface area (Å²) in [6, 6.07) is 7.22. The minimum Gasteiger partial charge on any atom is -0.311 e. The van der Waals surface area contributed by atoms with Crippen LogP contribution in [0.25, 0.3) is 5.65 Å². The lowest BCUT2D eigenvalue weighted by atomic mass is 9.92. The van der Waals surface area contributed by atoms with Gasteiger partial charge in [0.2, 0.25) is 0 Å². The van der Waals surface area contributed by atoms with E-state index in [9.17, 15) is 4.79 Å². The summed E-state index contributed by atoms with van der Waals surface area (Å²) in [5.41, 5.74) is 1.99. The van der Waals surface area contributed by atoms with Crippen LogP contribution in [0.3, 0.4) is 0 Å². The molecule has 0 aliphatic heterocycles. The van der Waals surface area contributed by atoms with Gasteiger partial charge in [0, 0.05) is 25.4 Å². The predicted octanol–water partition coefficient (Wildman–Crippen LogP) is 2.22. The molecule has 4 nitrogen and oxygen atoms in total. The van der Waals surface area contributed by atoms with Crippen LogP contribution in [0, 0.1) is 11.3 Å². The fourth-order valence-corrected chi connectivity index (χ4v) is 2.75. The largest absolute Gasteiger partial charge is 0.311 e. The molecule has 0 aromatic carbocycles. The summed E-state index contributed by atoms with van der Waals surface area (Å²) in [5.74, 6) is 0.713. The van der Waals surface area contributed by atoms with Gasteiger partial charge in [-0.25, -0.2) is 4.98 Å². The van der Waals surface area contributed by atoms with E-state index in [2.05, 4.69) is 24.1 Å². The van der Waals surface area contributed by atoms with Crippen LogP contribution >= 0.6 is 0 Å². The summed E-state index contributed by atoms with van der Waals surface area (Å²) in [6.45, 7) is 6.25. The van der Waals surface area contributed by atoms with Gasteiger partial charge in [0.1, 0.15) is 5.65 Å². The molecule has 1 fully saturated rings. The normalized spacial score (nSPS) is 16.8. The van der Waals surface area contributed by atoms with Gasteiger partial charge in [-0.2, -0.15) is 0 Å². The van der Waals surface area contributed by atoms with E-state index < -0.39 is 0 Å². The first-order chi connectivity index (χ1) is 9.61. The third kappa shape index (κ3) is 2.48. The number of rotatable bonds is 5. The Kier molecular flexibility index (Phi) is 3.34. The Bertz CT molecular complexity index is 671. The van der Waals surface area contributed by atoms with Gasteiger partial charge in [-0.15, -0.1) is 0 Å². The lowest BCUT2D eigenvalue weighted by Crippen LogP contribution is -2.28.